The highest BCUT2D eigenvalue weighted by molar-refractivity contribution is 5.40. The van der Waals surface area contributed by atoms with Crippen molar-refractivity contribution in [2.24, 2.45) is 5.41 Å². The van der Waals surface area contributed by atoms with Crippen LogP contribution in [0, 0.1) is 5.41 Å². The average Bonchev–Trinajstić information content (AvgIpc) is 3.15. The SMILES string of the molecule is CC(C)(C)Cc1nnc(NCc2ccc(N3CCCC3)nc2)o1. The molecule has 0 unspecified atom stereocenters. The summed E-state index contributed by atoms with van der Waals surface area (Å²) in [5.74, 6) is 1.74. The van der Waals surface area contributed by atoms with Crippen molar-refractivity contribution < 1.29 is 4.42 Å². The van der Waals surface area contributed by atoms with Crippen LogP contribution in [0.15, 0.2) is 22.7 Å². The predicted octanol–water partition coefficient (Wildman–Crippen LogP) is 3.27. The Kier molecular flexibility index (Phi) is 4.50. The monoisotopic (exact) mass is 315 g/mol. The number of anilines is 2. The zero-order valence-electron chi connectivity index (χ0n) is 14.2. The molecule has 0 bridgehead atoms. The first kappa shape index (κ1) is 15.8. The molecule has 0 spiro atoms. The van der Waals surface area contributed by atoms with E-state index >= 15 is 0 Å². The molecule has 0 aliphatic carbocycles. The molecule has 1 fully saturated rings. The Balaban J connectivity index is 1.54. The van der Waals surface area contributed by atoms with E-state index in [2.05, 4.69) is 58.3 Å². The van der Waals surface area contributed by atoms with E-state index in [1.807, 2.05) is 6.20 Å². The molecule has 1 saturated heterocycles. The molecule has 1 N–H and O–H groups in total. The van der Waals surface area contributed by atoms with Crippen LogP contribution >= 0.6 is 0 Å². The van der Waals surface area contributed by atoms with Crippen LogP contribution < -0.4 is 10.2 Å². The van der Waals surface area contributed by atoms with Gasteiger partial charge in [-0.2, -0.15) is 0 Å². The Hall–Kier alpha value is -2.11. The number of rotatable bonds is 5. The number of nitrogens with one attached hydrogen (secondary N) is 1. The van der Waals surface area contributed by atoms with Crippen molar-refractivity contribution in [3.63, 3.8) is 0 Å². The van der Waals surface area contributed by atoms with Gasteiger partial charge in [0.2, 0.25) is 5.89 Å². The van der Waals surface area contributed by atoms with Gasteiger partial charge in [-0.25, -0.2) is 4.98 Å². The minimum atomic E-state index is 0.138. The fourth-order valence-corrected chi connectivity index (χ4v) is 2.68. The number of pyridine rings is 1. The van der Waals surface area contributed by atoms with Crippen molar-refractivity contribution in [1.29, 1.82) is 0 Å². The Morgan fingerprint density at radius 2 is 1.96 bits per heavy atom. The number of hydrogen-bond donors (Lipinski definition) is 1. The first-order valence-corrected chi connectivity index (χ1v) is 8.26. The Bertz CT molecular complexity index is 623. The third kappa shape index (κ3) is 4.43. The lowest BCUT2D eigenvalue weighted by atomic mass is 9.92. The molecule has 0 saturated carbocycles. The first-order valence-electron chi connectivity index (χ1n) is 8.26. The van der Waals surface area contributed by atoms with E-state index in [9.17, 15) is 0 Å². The van der Waals surface area contributed by atoms with Crippen LogP contribution in [-0.2, 0) is 13.0 Å². The van der Waals surface area contributed by atoms with Crippen LogP contribution in [0.3, 0.4) is 0 Å². The van der Waals surface area contributed by atoms with Gasteiger partial charge in [-0.15, -0.1) is 5.10 Å². The molecule has 0 radical (unpaired) electrons. The molecule has 1 aliphatic heterocycles. The highest BCUT2D eigenvalue weighted by atomic mass is 16.4. The van der Waals surface area contributed by atoms with Crippen LogP contribution in [0.1, 0.15) is 45.1 Å². The molecular formula is C17H25N5O. The third-order valence-electron chi connectivity index (χ3n) is 3.83. The molecule has 0 aromatic carbocycles. The van der Waals surface area contributed by atoms with Gasteiger partial charge in [-0.05, 0) is 29.9 Å². The highest BCUT2D eigenvalue weighted by Gasteiger charge is 2.16. The van der Waals surface area contributed by atoms with Crippen molar-refractivity contribution in [2.75, 3.05) is 23.3 Å². The Morgan fingerprint density at radius 1 is 1.17 bits per heavy atom. The molecule has 1 aliphatic rings. The van der Waals surface area contributed by atoms with E-state index < -0.39 is 0 Å². The minimum absolute atomic E-state index is 0.138. The standard InChI is InChI=1S/C17H25N5O/c1-17(2,3)10-15-20-21-16(23-15)19-12-13-6-7-14(18-11-13)22-8-4-5-9-22/h6-7,11H,4-5,8-10,12H2,1-3H3,(H,19,21). The van der Waals surface area contributed by atoms with Gasteiger partial charge >= 0.3 is 6.01 Å². The summed E-state index contributed by atoms with van der Waals surface area (Å²) in [5, 5.41) is 11.3. The summed E-state index contributed by atoms with van der Waals surface area (Å²) >= 11 is 0. The average molecular weight is 315 g/mol. The molecule has 6 heteroatoms. The van der Waals surface area contributed by atoms with Crippen molar-refractivity contribution in [3.8, 4) is 0 Å². The van der Waals surface area contributed by atoms with Gasteiger partial charge in [-0.3, -0.25) is 0 Å². The molecule has 2 aromatic heterocycles. The van der Waals surface area contributed by atoms with E-state index in [1.54, 1.807) is 0 Å². The van der Waals surface area contributed by atoms with E-state index in [4.69, 9.17) is 4.42 Å². The molecular weight excluding hydrogens is 290 g/mol. The maximum absolute atomic E-state index is 5.62. The van der Waals surface area contributed by atoms with Crippen molar-refractivity contribution in [3.05, 3.63) is 29.8 Å². The lowest BCUT2D eigenvalue weighted by Gasteiger charge is -2.16. The van der Waals surface area contributed by atoms with Crippen LogP contribution in [-0.4, -0.2) is 28.3 Å². The molecule has 0 amide bonds. The van der Waals surface area contributed by atoms with Gasteiger partial charge in [-0.1, -0.05) is 31.9 Å². The van der Waals surface area contributed by atoms with Gasteiger partial charge < -0.3 is 14.6 Å². The van der Waals surface area contributed by atoms with Crippen LogP contribution in [0.2, 0.25) is 0 Å². The van der Waals surface area contributed by atoms with E-state index in [1.165, 1.54) is 12.8 Å². The third-order valence-corrected chi connectivity index (χ3v) is 3.83. The molecule has 23 heavy (non-hydrogen) atoms. The van der Waals surface area contributed by atoms with Crippen molar-refractivity contribution >= 4 is 11.8 Å². The lowest BCUT2D eigenvalue weighted by Crippen LogP contribution is -2.18. The van der Waals surface area contributed by atoms with Gasteiger partial charge in [0.15, 0.2) is 0 Å². The van der Waals surface area contributed by atoms with Crippen LogP contribution in [0.25, 0.3) is 0 Å². The van der Waals surface area contributed by atoms with E-state index in [0.717, 1.165) is 30.9 Å². The first-order chi connectivity index (χ1) is 11.0. The Labute approximate surface area is 137 Å². The van der Waals surface area contributed by atoms with Crippen LogP contribution in [0.5, 0.6) is 0 Å². The summed E-state index contributed by atoms with van der Waals surface area (Å²) in [6.45, 7) is 9.31. The topological polar surface area (TPSA) is 67.1 Å². The second-order valence-corrected chi connectivity index (χ2v) is 7.31. The van der Waals surface area contributed by atoms with E-state index in [0.29, 0.717) is 18.5 Å². The highest BCUT2D eigenvalue weighted by Crippen LogP contribution is 2.21. The van der Waals surface area contributed by atoms with E-state index in [-0.39, 0.29) is 5.41 Å². The Morgan fingerprint density at radius 3 is 2.61 bits per heavy atom. The second-order valence-electron chi connectivity index (χ2n) is 7.31. The van der Waals surface area contributed by atoms with Gasteiger partial charge in [0.05, 0.1) is 0 Å². The second kappa shape index (κ2) is 6.56. The molecule has 124 valence electrons. The molecule has 3 rings (SSSR count). The number of hydrogen-bond acceptors (Lipinski definition) is 6. The zero-order chi connectivity index (χ0) is 16.3. The zero-order valence-corrected chi connectivity index (χ0v) is 14.2. The fourth-order valence-electron chi connectivity index (χ4n) is 2.68. The number of nitrogens with zero attached hydrogens (tertiary/aromatic N) is 4. The maximum Gasteiger partial charge on any atom is 0.315 e. The lowest BCUT2D eigenvalue weighted by molar-refractivity contribution is 0.357. The van der Waals surface area contributed by atoms with Gasteiger partial charge in [0.25, 0.3) is 0 Å². The van der Waals surface area contributed by atoms with Gasteiger partial charge in [0.1, 0.15) is 5.82 Å². The fraction of sp³-hybridized carbons (Fsp3) is 0.588. The van der Waals surface area contributed by atoms with Gasteiger partial charge in [0, 0.05) is 32.3 Å². The summed E-state index contributed by atoms with van der Waals surface area (Å²) in [6, 6.07) is 4.65. The summed E-state index contributed by atoms with van der Waals surface area (Å²) in [4.78, 5) is 6.87. The molecule has 6 nitrogen and oxygen atoms in total. The number of aromatic nitrogens is 3. The van der Waals surface area contributed by atoms with Crippen molar-refractivity contribution in [2.45, 2.75) is 46.6 Å². The smallest absolute Gasteiger partial charge is 0.315 e. The minimum Gasteiger partial charge on any atom is -0.408 e. The largest absolute Gasteiger partial charge is 0.408 e. The summed E-state index contributed by atoms with van der Waals surface area (Å²) in [6.07, 6.45) is 5.21. The normalized spacial score (nSPS) is 15.2. The van der Waals surface area contributed by atoms with Crippen LogP contribution in [0.4, 0.5) is 11.8 Å². The van der Waals surface area contributed by atoms with Crippen molar-refractivity contribution in [1.82, 2.24) is 15.2 Å². The predicted molar refractivity (Wildman–Crippen MR) is 90.5 cm³/mol. The molecule has 2 aromatic rings. The summed E-state index contributed by atoms with van der Waals surface area (Å²) < 4.78 is 5.62. The maximum atomic E-state index is 5.62. The quantitative estimate of drug-likeness (QED) is 0.913. The molecule has 0 atom stereocenters. The summed E-state index contributed by atoms with van der Waals surface area (Å²) in [7, 11) is 0. The molecule has 3 heterocycles. The summed E-state index contributed by atoms with van der Waals surface area (Å²) in [5.41, 5.74) is 1.24.